The summed E-state index contributed by atoms with van der Waals surface area (Å²) in [5.41, 5.74) is 7.09. The van der Waals surface area contributed by atoms with Crippen LogP contribution < -0.4 is 11.1 Å². The van der Waals surface area contributed by atoms with Crippen molar-refractivity contribution in [1.82, 2.24) is 0 Å². The van der Waals surface area contributed by atoms with Gasteiger partial charge < -0.3 is 11.1 Å². The largest absolute Gasteiger partial charge is 0.377 e. The minimum absolute atomic E-state index is 0.340. The molecule has 0 saturated heterocycles. The van der Waals surface area contributed by atoms with Crippen LogP contribution in [0.25, 0.3) is 0 Å². The first-order valence-corrected chi connectivity index (χ1v) is 7.35. The maximum absolute atomic E-state index is 13.4. The molecule has 112 valence electrons. The zero-order valence-corrected chi connectivity index (χ0v) is 13.2. The first-order chi connectivity index (χ1) is 9.92. The molecular weight excluding hydrogens is 310 g/mol. The average Bonchev–Trinajstić information content (AvgIpc) is 2.45. The van der Waals surface area contributed by atoms with E-state index in [-0.39, 0.29) is 5.82 Å². The highest BCUT2D eigenvalue weighted by molar-refractivity contribution is 6.33. The minimum atomic E-state index is -0.439. The third-order valence-electron chi connectivity index (χ3n) is 3.32. The van der Waals surface area contributed by atoms with E-state index in [0.29, 0.717) is 28.7 Å². The second kappa shape index (κ2) is 6.65. The van der Waals surface area contributed by atoms with Crippen LogP contribution in [0.1, 0.15) is 12.5 Å². The van der Waals surface area contributed by atoms with E-state index < -0.39 is 5.54 Å². The van der Waals surface area contributed by atoms with Crippen molar-refractivity contribution >= 4 is 28.9 Å². The number of benzene rings is 2. The lowest BCUT2D eigenvalue weighted by Crippen LogP contribution is -2.44. The Balaban J connectivity index is 2.20. The molecule has 2 nitrogen and oxygen atoms in total. The highest BCUT2D eigenvalue weighted by Crippen LogP contribution is 2.27. The van der Waals surface area contributed by atoms with Gasteiger partial charge in [-0.05, 0) is 49.2 Å². The second-order valence-corrected chi connectivity index (χ2v) is 6.16. The van der Waals surface area contributed by atoms with E-state index in [9.17, 15) is 4.39 Å². The number of nitrogens with two attached hydrogens (primary N) is 1. The van der Waals surface area contributed by atoms with Gasteiger partial charge in [0.25, 0.3) is 0 Å². The van der Waals surface area contributed by atoms with Gasteiger partial charge in [-0.15, -0.1) is 0 Å². The highest BCUT2D eigenvalue weighted by atomic mass is 35.5. The lowest BCUT2D eigenvalue weighted by Gasteiger charge is -2.31. The Labute approximate surface area is 134 Å². The predicted molar refractivity (Wildman–Crippen MR) is 87.6 cm³/mol. The number of halogens is 3. The van der Waals surface area contributed by atoms with Gasteiger partial charge in [-0.2, -0.15) is 0 Å². The van der Waals surface area contributed by atoms with Crippen molar-refractivity contribution in [3.8, 4) is 0 Å². The molecule has 3 N–H and O–H groups in total. The minimum Gasteiger partial charge on any atom is -0.377 e. The van der Waals surface area contributed by atoms with E-state index in [2.05, 4.69) is 5.32 Å². The van der Waals surface area contributed by atoms with Crippen molar-refractivity contribution < 1.29 is 4.39 Å². The van der Waals surface area contributed by atoms with Crippen molar-refractivity contribution in [1.29, 1.82) is 0 Å². The molecule has 5 heteroatoms. The molecule has 2 aromatic carbocycles. The Morgan fingerprint density at radius 1 is 1.14 bits per heavy atom. The third-order valence-corrected chi connectivity index (χ3v) is 3.90. The predicted octanol–water partition coefficient (Wildman–Crippen LogP) is 4.50. The Kier molecular flexibility index (Phi) is 5.09. The summed E-state index contributed by atoms with van der Waals surface area (Å²) in [6.07, 6.45) is 0.674. The Morgan fingerprint density at radius 3 is 2.43 bits per heavy atom. The molecule has 0 aliphatic heterocycles. The average molecular weight is 327 g/mol. The number of rotatable bonds is 5. The van der Waals surface area contributed by atoms with Crippen LogP contribution in [0.15, 0.2) is 42.5 Å². The van der Waals surface area contributed by atoms with Crippen molar-refractivity contribution in [3.05, 3.63) is 63.9 Å². The lowest BCUT2D eigenvalue weighted by atomic mass is 9.92. The summed E-state index contributed by atoms with van der Waals surface area (Å²) in [5.74, 6) is -0.340. The maximum Gasteiger partial charge on any atom is 0.125 e. The van der Waals surface area contributed by atoms with Crippen molar-refractivity contribution in [2.45, 2.75) is 18.9 Å². The van der Waals surface area contributed by atoms with Gasteiger partial charge in [0.1, 0.15) is 5.82 Å². The number of nitrogens with one attached hydrogen (secondary N) is 1. The van der Waals surface area contributed by atoms with Gasteiger partial charge in [0.05, 0.1) is 16.2 Å². The summed E-state index contributed by atoms with van der Waals surface area (Å²) in [6.45, 7) is 2.35. The van der Waals surface area contributed by atoms with Crippen molar-refractivity contribution in [2.24, 2.45) is 5.73 Å². The van der Waals surface area contributed by atoms with E-state index in [1.54, 1.807) is 0 Å². The van der Waals surface area contributed by atoms with Crippen LogP contribution in [0, 0.1) is 5.82 Å². The number of hydrogen-bond acceptors (Lipinski definition) is 2. The van der Waals surface area contributed by atoms with Gasteiger partial charge in [0.15, 0.2) is 0 Å². The van der Waals surface area contributed by atoms with E-state index in [1.807, 2.05) is 31.2 Å². The van der Waals surface area contributed by atoms with Gasteiger partial charge >= 0.3 is 0 Å². The zero-order chi connectivity index (χ0) is 15.5. The van der Waals surface area contributed by atoms with Crippen LogP contribution in [0.4, 0.5) is 10.1 Å². The van der Waals surface area contributed by atoms with Crippen LogP contribution in [-0.2, 0) is 6.42 Å². The normalized spacial score (nSPS) is 13.8. The summed E-state index contributed by atoms with van der Waals surface area (Å²) in [5, 5.41) is 4.40. The standard InChI is InChI=1S/C16H17Cl2FN2/c1-16(10-20,9-11-2-4-12(17)5-3-11)21-15-8-13(19)6-7-14(15)18/h2-8,21H,9-10,20H2,1H3. The quantitative estimate of drug-likeness (QED) is 0.848. The van der Waals surface area contributed by atoms with Crippen molar-refractivity contribution in [2.75, 3.05) is 11.9 Å². The van der Waals surface area contributed by atoms with Gasteiger partial charge in [-0.25, -0.2) is 4.39 Å². The van der Waals surface area contributed by atoms with E-state index in [0.717, 1.165) is 5.56 Å². The van der Waals surface area contributed by atoms with Crippen LogP contribution in [0.2, 0.25) is 10.0 Å². The fraction of sp³-hybridized carbons (Fsp3) is 0.250. The molecule has 2 aromatic rings. The number of anilines is 1. The molecule has 0 bridgehead atoms. The molecule has 2 rings (SSSR count). The second-order valence-electron chi connectivity index (χ2n) is 5.32. The fourth-order valence-electron chi connectivity index (χ4n) is 2.14. The lowest BCUT2D eigenvalue weighted by molar-refractivity contribution is 0.520. The van der Waals surface area contributed by atoms with Gasteiger partial charge in [-0.3, -0.25) is 0 Å². The van der Waals surface area contributed by atoms with Crippen molar-refractivity contribution in [3.63, 3.8) is 0 Å². The summed E-state index contributed by atoms with van der Waals surface area (Å²) in [4.78, 5) is 0. The zero-order valence-electron chi connectivity index (χ0n) is 11.7. The molecule has 0 saturated carbocycles. The van der Waals surface area contributed by atoms with E-state index >= 15 is 0 Å². The first-order valence-electron chi connectivity index (χ1n) is 6.60. The van der Waals surface area contributed by atoms with E-state index in [1.165, 1.54) is 18.2 Å². The summed E-state index contributed by atoms with van der Waals surface area (Å²) in [6, 6.07) is 11.8. The maximum atomic E-state index is 13.4. The van der Waals surface area contributed by atoms with Gasteiger partial charge in [-0.1, -0.05) is 35.3 Å². The molecule has 1 atom stereocenters. The molecule has 21 heavy (non-hydrogen) atoms. The molecule has 1 unspecified atom stereocenters. The third kappa shape index (κ3) is 4.34. The van der Waals surface area contributed by atoms with Crippen LogP contribution in [0.3, 0.4) is 0 Å². The van der Waals surface area contributed by atoms with Crippen LogP contribution >= 0.6 is 23.2 Å². The summed E-state index contributed by atoms with van der Waals surface area (Å²) < 4.78 is 13.4. The Hall–Kier alpha value is -1.29. The Bertz CT molecular complexity index is 616. The SMILES string of the molecule is CC(CN)(Cc1ccc(Cl)cc1)Nc1cc(F)ccc1Cl. The summed E-state index contributed by atoms with van der Waals surface area (Å²) >= 11 is 12.0. The molecule has 0 aromatic heterocycles. The topological polar surface area (TPSA) is 38.0 Å². The van der Waals surface area contributed by atoms with Crippen LogP contribution in [-0.4, -0.2) is 12.1 Å². The van der Waals surface area contributed by atoms with E-state index in [4.69, 9.17) is 28.9 Å². The van der Waals surface area contributed by atoms with Gasteiger partial charge in [0, 0.05) is 11.6 Å². The van der Waals surface area contributed by atoms with Gasteiger partial charge in [0.2, 0.25) is 0 Å². The highest BCUT2D eigenvalue weighted by Gasteiger charge is 2.24. The molecule has 0 aliphatic carbocycles. The Morgan fingerprint density at radius 2 is 1.81 bits per heavy atom. The fourth-order valence-corrected chi connectivity index (χ4v) is 2.43. The van der Waals surface area contributed by atoms with Crippen LogP contribution in [0.5, 0.6) is 0 Å². The molecule has 0 radical (unpaired) electrons. The monoisotopic (exact) mass is 326 g/mol. The molecule has 0 spiro atoms. The summed E-state index contributed by atoms with van der Waals surface area (Å²) in [7, 11) is 0. The molecule has 0 heterocycles. The number of hydrogen-bond donors (Lipinski definition) is 2. The molecule has 0 amide bonds. The smallest absolute Gasteiger partial charge is 0.125 e. The molecule has 0 fully saturated rings. The first kappa shape index (κ1) is 16.1. The molecular formula is C16H17Cl2FN2. The molecule has 0 aliphatic rings.